The van der Waals surface area contributed by atoms with Crippen LogP contribution in [0, 0.1) is 6.92 Å². The zero-order valence-corrected chi connectivity index (χ0v) is 18.3. The van der Waals surface area contributed by atoms with Crippen molar-refractivity contribution in [1.82, 2.24) is 14.9 Å². The molecule has 2 N–H and O–H groups in total. The molecule has 154 valence electrons. The molecule has 3 aromatic rings. The minimum atomic E-state index is 0.258. The molecular formula is C21H25ClN4O2S. The van der Waals surface area contributed by atoms with Gasteiger partial charge in [-0.15, -0.1) is 10.2 Å². The van der Waals surface area contributed by atoms with Crippen molar-refractivity contribution in [2.75, 3.05) is 18.2 Å². The van der Waals surface area contributed by atoms with Gasteiger partial charge in [-0.2, -0.15) is 0 Å². The van der Waals surface area contributed by atoms with Gasteiger partial charge in [-0.05, 0) is 54.3 Å². The van der Waals surface area contributed by atoms with E-state index >= 15 is 0 Å². The van der Waals surface area contributed by atoms with Crippen molar-refractivity contribution in [3.8, 4) is 11.5 Å². The van der Waals surface area contributed by atoms with Crippen LogP contribution in [0.3, 0.4) is 0 Å². The predicted octanol–water partition coefficient (Wildman–Crippen LogP) is 4.83. The summed E-state index contributed by atoms with van der Waals surface area (Å²) in [4.78, 5) is 0. The van der Waals surface area contributed by atoms with Gasteiger partial charge in [0.05, 0.1) is 6.61 Å². The summed E-state index contributed by atoms with van der Waals surface area (Å²) in [6.45, 7) is 7.11. The molecule has 2 aromatic carbocycles. The molecule has 0 amide bonds. The van der Waals surface area contributed by atoms with Crippen LogP contribution in [0.5, 0.6) is 11.5 Å². The average Bonchev–Trinajstić information content (AvgIpc) is 3.04. The SMILES string of the molecule is Cc1ccc(C(C)C)c(OCc2nnc(SCCOc3ccc(Cl)cc3)n2N)c1. The van der Waals surface area contributed by atoms with Crippen LogP contribution in [-0.2, 0) is 6.61 Å². The standard InChI is InChI=1S/C21H25ClN4O2S/c1-14(2)18-9-4-15(3)12-19(18)28-13-20-24-25-21(26(20)23)29-11-10-27-17-7-5-16(22)6-8-17/h4-9,12,14H,10-11,13,23H2,1-3H3. The number of nitrogens with two attached hydrogens (primary N) is 1. The molecule has 0 saturated heterocycles. The van der Waals surface area contributed by atoms with Crippen LogP contribution in [0.15, 0.2) is 47.6 Å². The van der Waals surface area contributed by atoms with Crippen molar-refractivity contribution in [2.24, 2.45) is 0 Å². The number of aromatic nitrogens is 3. The fourth-order valence-electron chi connectivity index (χ4n) is 2.71. The highest BCUT2D eigenvalue weighted by Gasteiger charge is 2.13. The summed E-state index contributed by atoms with van der Waals surface area (Å²) < 4.78 is 13.2. The van der Waals surface area contributed by atoms with Gasteiger partial charge in [0.1, 0.15) is 18.1 Å². The maximum Gasteiger partial charge on any atom is 0.210 e. The van der Waals surface area contributed by atoms with Crippen LogP contribution in [0.4, 0.5) is 0 Å². The number of ether oxygens (including phenoxy) is 2. The predicted molar refractivity (Wildman–Crippen MR) is 117 cm³/mol. The molecule has 0 fully saturated rings. The molecule has 6 nitrogen and oxygen atoms in total. The highest BCUT2D eigenvalue weighted by molar-refractivity contribution is 7.99. The minimum absolute atomic E-state index is 0.258. The van der Waals surface area contributed by atoms with Crippen molar-refractivity contribution in [3.05, 3.63) is 64.4 Å². The molecule has 0 atom stereocenters. The number of thioether (sulfide) groups is 1. The van der Waals surface area contributed by atoms with Crippen LogP contribution in [-0.4, -0.2) is 27.2 Å². The molecule has 29 heavy (non-hydrogen) atoms. The molecule has 8 heteroatoms. The molecule has 1 aromatic heterocycles. The number of benzene rings is 2. The Bertz CT molecular complexity index is 944. The van der Waals surface area contributed by atoms with E-state index in [4.69, 9.17) is 26.9 Å². The summed E-state index contributed by atoms with van der Waals surface area (Å²) in [5.74, 6) is 9.40. The summed E-state index contributed by atoms with van der Waals surface area (Å²) in [5, 5.41) is 9.62. The molecule has 0 saturated carbocycles. The topological polar surface area (TPSA) is 75.2 Å². The first-order chi connectivity index (χ1) is 13.9. The fraction of sp³-hybridized carbons (Fsp3) is 0.333. The van der Waals surface area contributed by atoms with Gasteiger partial charge < -0.3 is 15.3 Å². The molecule has 0 spiro atoms. The number of nitrogen functional groups attached to an aromatic ring is 1. The van der Waals surface area contributed by atoms with Crippen LogP contribution >= 0.6 is 23.4 Å². The van der Waals surface area contributed by atoms with Gasteiger partial charge in [-0.3, -0.25) is 0 Å². The molecule has 0 bridgehead atoms. The second-order valence-corrected chi connectivity index (χ2v) is 8.40. The van der Waals surface area contributed by atoms with Crippen LogP contribution in [0.1, 0.15) is 36.7 Å². The Labute approximate surface area is 180 Å². The van der Waals surface area contributed by atoms with Gasteiger partial charge in [0, 0.05) is 10.8 Å². The van der Waals surface area contributed by atoms with Gasteiger partial charge >= 0.3 is 0 Å². The Morgan fingerprint density at radius 2 is 1.86 bits per heavy atom. The molecular weight excluding hydrogens is 408 g/mol. The summed E-state index contributed by atoms with van der Waals surface area (Å²) in [6, 6.07) is 13.5. The van der Waals surface area contributed by atoms with Crippen molar-refractivity contribution < 1.29 is 9.47 Å². The highest BCUT2D eigenvalue weighted by Crippen LogP contribution is 2.28. The van der Waals surface area contributed by atoms with Crippen LogP contribution < -0.4 is 15.3 Å². The first-order valence-corrected chi connectivity index (χ1v) is 10.7. The fourth-order valence-corrected chi connectivity index (χ4v) is 3.53. The zero-order chi connectivity index (χ0) is 20.8. The first-order valence-electron chi connectivity index (χ1n) is 9.38. The normalized spacial score (nSPS) is 11.1. The van der Waals surface area contributed by atoms with E-state index in [2.05, 4.69) is 36.2 Å². The van der Waals surface area contributed by atoms with Crippen molar-refractivity contribution in [2.45, 2.75) is 38.5 Å². The Kier molecular flexibility index (Phi) is 7.28. The average molecular weight is 433 g/mol. The largest absolute Gasteiger partial charge is 0.493 e. The Hall–Kier alpha value is -2.38. The second-order valence-electron chi connectivity index (χ2n) is 6.90. The van der Waals surface area contributed by atoms with E-state index in [0.717, 1.165) is 22.6 Å². The van der Waals surface area contributed by atoms with Gasteiger partial charge in [-0.1, -0.05) is 49.3 Å². The lowest BCUT2D eigenvalue weighted by Gasteiger charge is -2.14. The smallest absolute Gasteiger partial charge is 0.210 e. The van der Waals surface area contributed by atoms with E-state index in [1.54, 1.807) is 12.1 Å². The molecule has 0 radical (unpaired) electrons. The Morgan fingerprint density at radius 1 is 1.10 bits per heavy atom. The van der Waals surface area contributed by atoms with Crippen molar-refractivity contribution in [1.29, 1.82) is 0 Å². The van der Waals surface area contributed by atoms with Crippen molar-refractivity contribution >= 4 is 23.4 Å². The van der Waals surface area contributed by atoms with Crippen molar-refractivity contribution in [3.63, 3.8) is 0 Å². The number of rotatable bonds is 9. The molecule has 0 aliphatic rings. The van der Waals surface area contributed by atoms with E-state index in [0.29, 0.717) is 34.3 Å². The third kappa shape index (κ3) is 5.81. The number of nitrogens with zero attached hydrogens (tertiary/aromatic N) is 3. The van der Waals surface area contributed by atoms with Crippen LogP contribution in [0.2, 0.25) is 5.02 Å². The quantitative estimate of drug-likeness (QED) is 0.296. The van der Waals surface area contributed by atoms with E-state index in [9.17, 15) is 0 Å². The Balaban J connectivity index is 1.53. The number of hydrogen-bond donors (Lipinski definition) is 1. The number of halogens is 1. The van der Waals surface area contributed by atoms with Gasteiger partial charge in [0.15, 0.2) is 5.82 Å². The summed E-state index contributed by atoms with van der Waals surface area (Å²) in [7, 11) is 0. The van der Waals surface area contributed by atoms with E-state index in [-0.39, 0.29) is 6.61 Å². The van der Waals surface area contributed by atoms with E-state index < -0.39 is 0 Å². The monoisotopic (exact) mass is 432 g/mol. The maximum absolute atomic E-state index is 6.14. The summed E-state index contributed by atoms with van der Waals surface area (Å²) >= 11 is 7.35. The summed E-state index contributed by atoms with van der Waals surface area (Å²) in [6.07, 6.45) is 0. The molecule has 1 heterocycles. The third-order valence-corrected chi connectivity index (χ3v) is 5.44. The van der Waals surface area contributed by atoms with Gasteiger partial charge in [0.2, 0.25) is 5.16 Å². The van der Waals surface area contributed by atoms with Gasteiger partial charge in [0.25, 0.3) is 0 Å². The third-order valence-electron chi connectivity index (χ3n) is 4.28. The lowest BCUT2D eigenvalue weighted by molar-refractivity contribution is 0.287. The first kappa shape index (κ1) is 21.3. The number of hydrogen-bond acceptors (Lipinski definition) is 6. The molecule has 0 unspecified atom stereocenters. The zero-order valence-electron chi connectivity index (χ0n) is 16.8. The lowest BCUT2D eigenvalue weighted by atomic mass is 10.0. The highest BCUT2D eigenvalue weighted by atomic mass is 35.5. The lowest BCUT2D eigenvalue weighted by Crippen LogP contribution is -2.16. The van der Waals surface area contributed by atoms with E-state index in [1.807, 2.05) is 25.1 Å². The number of aryl methyl sites for hydroxylation is 1. The molecule has 0 aliphatic carbocycles. The second kappa shape index (κ2) is 9.89. The van der Waals surface area contributed by atoms with E-state index in [1.165, 1.54) is 16.4 Å². The molecule has 3 rings (SSSR count). The Morgan fingerprint density at radius 3 is 2.59 bits per heavy atom. The maximum atomic E-state index is 6.14. The summed E-state index contributed by atoms with van der Waals surface area (Å²) in [5.41, 5.74) is 2.31. The molecule has 0 aliphatic heterocycles. The minimum Gasteiger partial charge on any atom is -0.493 e. The van der Waals surface area contributed by atoms with Crippen LogP contribution in [0.25, 0.3) is 0 Å². The van der Waals surface area contributed by atoms with Gasteiger partial charge in [-0.25, -0.2) is 4.68 Å².